The highest BCUT2D eigenvalue weighted by Crippen LogP contribution is 2.41. The van der Waals surface area contributed by atoms with Crippen LogP contribution in [0.3, 0.4) is 0 Å². The molecule has 0 unspecified atom stereocenters. The fraction of sp³-hybridized carbons (Fsp3) is 0.333. The summed E-state index contributed by atoms with van der Waals surface area (Å²) in [6, 6.07) is 3.55. The van der Waals surface area contributed by atoms with Crippen molar-refractivity contribution >= 4 is 16.6 Å². The Morgan fingerprint density at radius 3 is 2.93 bits per heavy atom. The minimum atomic E-state index is 0.160. The monoisotopic (exact) mass is 202 g/mol. The highest BCUT2D eigenvalue weighted by atomic mass is 16.3. The van der Waals surface area contributed by atoms with Gasteiger partial charge in [-0.2, -0.15) is 0 Å². The van der Waals surface area contributed by atoms with Gasteiger partial charge in [0.25, 0.3) is 0 Å². The lowest BCUT2D eigenvalue weighted by Crippen LogP contribution is -2.44. The predicted octanol–water partition coefficient (Wildman–Crippen LogP) is 1.36. The van der Waals surface area contributed by atoms with Crippen LogP contribution in [-0.2, 0) is 6.42 Å². The van der Waals surface area contributed by atoms with Crippen molar-refractivity contribution in [2.75, 3.05) is 20.6 Å². The van der Waals surface area contributed by atoms with Gasteiger partial charge in [0.05, 0.1) is 31.5 Å². The molecule has 3 nitrogen and oxygen atoms in total. The maximum atomic E-state index is 11.9. The van der Waals surface area contributed by atoms with Crippen LogP contribution >= 0.6 is 0 Å². The van der Waals surface area contributed by atoms with Crippen LogP contribution in [-0.4, -0.2) is 25.6 Å². The van der Waals surface area contributed by atoms with Crippen molar-refractivity contribution in [3.05, 3.63) is 23.9 Å². The zero-order valence-electron chi connectivity index (χ0n) is 9.00. The molecule has 78 valence electrons. The molecule has 3 heteroatoms. The number of aromatic amines is 1. The second-order valence-electron chi connectivity index (χ2n) is 4.81. The smallest absolute Gasteiger partial charge is 0.134 e. The highest BCUT2D eigenvalue weighted by Gasteiger charge is 2.29. The quantitative estimate of drug-likeness (QED) is 0.644. The van der Waals surface area contributed by atoms with Crippen molar-refractivity contribution in [3.63, 3.8) is 0 Å². The number of nitrogens with one attached hydrogen (secondary N) is 1. The summed E-state index contributed by atoms with van der Waals surface area (Å²) in [6.07, 6.45) is 3.08. The zero-order valence-corrected chi connectivity index (χ0v) is 9.00. The fourth-order valence-electron chi connectivity index (χ4n) is 2.56. The van der Waals surface area contributed by atoms with E-state index in [9.17, 15) is 5.11 Å². The van der Waals surface area contributed by atoms with Gasteiger partial charge in [-0.3, -0.25) is 4.48 Å². The Morgan fingerprint density at radius 1 is 1.33 bits per heavy atom. The Kier molecular flexibility index (Phi) is 1.50. The molecule has 0 radical (unpaired) electrons. The van der Waals surface area contributed by atoms with Gasteiger partial charge in [-0.15, -0.1) is 0 Å². The van der Waals surface area contributed by atoms with E-state index in [1.807, 2.05) is 12.3 Å². The van der Waals surface area contributed by atoms with Crippen molar-refractivity contribution in [3.8, 4) is 5.75 Å². The third-order valence-corrected chi connectivity index (χ3v) is 3.41. The molecule has 2 aromatic rings. The molecule has 1 aromatic heterocycles. The fourth-order valence-corrected chi connectivity index (χ4v) is 2.56. The molecule has 0 aliphatic carbocycles. The number of hydrogen-bond donors (Lipinski definition) is 1. The summed E-state index contributed by atoms with van der Waals surface area (Å²) in [5.74, 6) is 0.160. The summed E-state index contributed by atoms with van der Waals surface area (Å²) in [5, 5.41) is 13.1. The van der Waals surface area contributed by atoms with Gasteiger partial charge < -0.3 is 10.1 Å². The van der Waals surface area contributed by atoms with Gasteiger partial charge in [-0.25, -0.2) is 0 Å². The van der Waals surface area contributed by atoms with Crippen molar-refractivity contribution in [1.29, 1.82) is 0 Å². The molecule has 0 saturated carbocycles. The van der Waals surface area contributed by atoms with Crippen LogP contribution in [0.2, 0.25) is 0 Å². The van der Waals surface area contributed by atoms with E-state index in [0.717, 1.165) is 29.6 Å². The molecule has 0 atom stereocenters. The van der Waals surface area contributed by atoms with Gasteiger partial charge in [0.2, 0.25) is 0 Å². The molecule has 0 fully saturated rings. The largest absolute Gasteiger partial charge is 0.868 e. The minimum Gasteiger partial charge on any atom is -0.868 e. The number of rotatable bonds is 0. The first-order chi connectivity index (χ1) is 7.09. The number of likely N-dealkylation sites (N-methyl/N-ethyl adjacent to an activating group) is 1. The van der Waals surface area contributed by atoms with Crippen LogP contribution in [0.15, 0.2) is 18.3 Å². The predicted molar refractivity (Wildman–Crippen MR) is 60.0 cm³/mol. The molecule has 15 heavy (non-hydrogen) atoms. The molecule has 0 spiro atoms. The number of hydrogen-bond acceptors (Lipinski definition) is 1. The Morgan fingerprint density at radius 2 is 2.13 bits per heavy atom. The van der Waals surface area contributed by atoms with Crippen LogP contribution in [0, 0.1) is 0 Å². The number of H-pyrrole nitrogens is 1. The highest BCUT2D eigenvalue weighted by molar-refractivity contribution is 5.98. The van der Waals surface area contributed by atoms with Gasteiger partial charge in [0.15, 0.2) is 0 Å². The molecule has 0 bridgehead atoms. The van der Waals surface area contributed by atoms with Crippen LogP contribution < -0.4 is 9.59 Å². The average Bonchev–Trinajstić information content (AvgIpc) is 2.57. The van der Waals surface area contributed by atoms with Crippen LogP contribution in [0.1, 0.15) is 5.56 Å². The zero-order chi connectivity index (χ0) is 10.6. The molecule has 1 aromatic carbocycles. The number of quaternary nitrogens is 1. The maximum Gasteiger partial charge on any atom is 0.134 e. The summed E-state index contributed by atoms with van der Waals surface area (Å²) < 4.78 is 0.695. The second kappa shape index (κ2) is 2.55. The first-order valence-electron chi connectivity index (χ1n) is 5.23. The summed E-state index contributed by atoms with van der Waals surface area (Å²) in [6.45, 7) is 0.999. The van der Waals surface area contributed by atoms with Crippen LogP contribution in [0.4, 0.5) is 5.69 Å². The SMILES string of the molecule is C[N+]1(C)CCc2c[nH]c3ccc([O-])c1c23. The van der Waals surface area contributed by atoms with Gasteiger partial charge in [-0.05, 0) is 17.4 Å². The lowest BCUT2D eigenvalue weighted by atomic mass is 10.0. The van der Waals surface area contributed by atoms with Gasteiger partial charge in [-0.1, -0.05) is 6.07 Å². The number of aromatic nitrogens is 1. The van der Waals surface area contributed by atoms with Crippen LogP contribution in [0.5, 0.6) is 5.75 Å². The van der Waals surface area contributed by atoms with E-state index in [0.29, 0.717) is 4.48 Å². The van der Waals surface area contributed by atoms with Crippen molar-refractivity contribution in [1.82, 2.24) is 9.47 Å². The van der Waals surface area contributed by atoms with E-state index in [1.54, 1.807) is 6.07 Å². The molecule has 2 heterocycles. The normalized spacial score (nSPS) is 18.3. The Hall–Kier alpha value is -1.48. The number of nitrogens with zero attached hydrogens (tertiary/aromatic N) is 1. The third-order valence-electron chi connectivity index (χ3n) is 3.41. The summed E-state index contributed by atoms with van der Waals surface area (Å²) in [5.41, 5.74) is 3.32. The van der Waals surface area contributed by atoms with E-state index in [1.165, 1.54) is 5.56 Å². The topological polar surface area (TPSA) is 38.8 Å². The van der Waals surface area contributed by atoms with Gasteiger partial charge in [0, 0.05) is 12.6 Å². The van der Waals surface area contributed by atoms with E-state index in [2.05, 4.69) is 19.1 Å². The molecular formula is C12H14N2O. The van der Waals surface area contributed by atoms with E-state index >= 15 is 0 Å². The molecule has 0 amide bonds. The lowest BCUT2D eigenvalue weighted by Gasteiger charge is -2.36. The molecular weight excluding hydrogens is 188 g/mol. The van der Waals surface area contributed by atoms with Gasteiger partial charge in [0.1, 0.15) is 5.69 Å². The molecule has 1 N–H and O–H groups in total. The van der Waals surface area contributed by atoms with Crippen molar-refractivity contribution in [2.24, 2.45) is 0 Å². The summed E-state index contributed by atoms with van der Waals surface area (Å²) in [4.78, 5) is 3.24. The van der Waals surface area contributed by atoms with E-state index in [-0.39, 0.29) is 5.75 Å². The molecule has 1 aliphatic heterocycles. The third kappa shape index (κ3) is 1.04. The summed E-state index contributed by atoms with van der Waals surface area (Å²) in [7, 11) is 4.21. The van der Waals surface area contributed by atoms with Gasteiger partial charge >= 0.3 is 0 Å². The van der Waals surface area contributed by atoms with E-state index in [4.69, 9.17) is 0 Å². The standard InChI is InChI=1S/C12H14N2O/c1-14(2)6-5-8-7-13-9-3-4-10(15)12(14)11(8)9/h3-4,7,13H,5-6H2,1-2H3. The molecule has 1 aliphatic rings. The number of benzene rings is 1. The minimum absolute atomic E-state index is 0.160. The Balaban J connectivity index is 2.50. The first-order valence-corrected chi connectivity index (χ1v) is 5.23. The Bertz CT molecular complexity index is 540. The first kappa shape index (κ1) is 8.80. The van der Waals surface area contributed by atoms with E-state index < -0.39 is 0 Å². The second-order valence-corrected chi connectivity index (χ2v) is 4.81. The lowest BCUT2D eigenvalue weighted by molar-refractivity contribution is -0.268. The average molecular weight is 202 g/mol. The Labute approximate surface area is 88.5 Å². The van der Waals surface area contributed by atoms with Crippen molar-refractivity contribution < 1.29 is 5.11 Å². The van der Waals surface area contributed by atoms with Crippen molar-refractivity contribution in [2.45, 2.75) is 6.42 Å². The maximum absolute atomic E-state index is 11.9. The van der Waals surface area contributed by atoms with Crippen LogP contribution in [0.25, 0.3) is 10.9 Å². The summed E-state index contributed by atoms with van der Waals surface area (Å²) >= 11 is 0. The molecule has 0 saturated heterocycles. The molecule has 3 rings (SSSR count).